The fourth-order valence-electron chi connectivity index (χ4n) is 2.35. The maximum absolute atomic E-state index is 6.10. The number of hydrogen-bond acceptors (Lipinski definition) is 4. The number of ether oxygens (including phenoxy) is 1. The molecule has 1 aromatic heterocycles. The van der Waals surface area contributed by atoms with E-state index in [1.807, 2.05) is 24.3 Å². The highest BCUT2D eigenvalue weighted by Crippen LogP contribution is 2.34. The Kier molecular flexibility index (Phi) is 4.92. The van der Waals surface area contributed by atoms with E-state index in [4.69, 9.17) is 33.7 Å². The van der Waals surface area contributed by atoms with Crippen LogP contribution in [0.2, 0.25) is 10.0 Å². The second-order valence-electron chi connectivity index (χ2n) is 5.31. The van der Waals surface area contributed by atoms with Crippen molar-refractivity contribution < 1.29 is 4.74 Å². The molecule has 0 saturated carbocycles. The summed E-state index contributed by atoms with van der Waals surface area (Å²) in [5, 5.41) is 8.38. The Hall–Kier alpha value is -2.24. The third-order valence-electron chi connectivity index (χ3n) is 3.66. The second-order valence-corrected chi connectivity index (χ2v) is 6.15. The zero-order chi connectivity index (χ0) is 17.1. The molecule has 124 valence electrons. The molecule has 0 bridgehead atoms. The van der Waals surface area contributed by atoms with Gasteiger partial charge in [-0.1, -0.05) is 35.3 Å². The van der Waals surface area contributed by atoms with Gasteiger partial charge in [0.2, 0.25) is 0 Å². The first-order chi connectivity index (χ1) is 11.6. The topological polar surface area (TPSA) is 76.8 Å². The van der Waals surface area contributed by atoms with Gasteiger partial charge >= 0.3 is 0 Å². The van der Waals surface area contributed by atoms with Crippen LogP contribution in [0.4, 0.5) is 5.69 Å². The number of nitrogens with two attached hydrogens (primary N) is 1. The van der Waals surface area contributed by atoms with E-state index in [0.717, 1.165) is 23.7 Å². The molecule has 3 aromatic rings. The van der Waals surface area contributed by atoms with Crippen LogP contribution in [0.25, 0.3) is 11.4 Å². The molecule has 0 aliphatic carbocycles. The van der Waals surface area contributed by atoms with E-state index < -0.39 is 0 Å². The summed E-state index contributed by atoms with van der Waals surface area (Å²) in [5.41, 5.74) is 8.14. The van der Waals surface area contributed by atoms with Crippen molar-refractivity contribution in [2.45, 2.75) is 12.8 Å². The minimum Gasteiger partial charge on any atom is -0.496 e. The molecule has 0 radical (unpaired) electrons. The quantitative estimate of drug-likeness (QED) is 0.668. The van der Waals surface area contributed by atoms with Crippen LogP contribution in [0.5, 0.6) is 5.75 Å². The lowest BCUT2D eigenvalue weighted by Crippen LogP contribution is -1.95. The fraction of sp³-hybridized carbons (Fsp3) is 0.176. The first kappa shape index (κ1) is 16.6. The maximum Gasteiger partial charge on any atom is 0.184 e. The smallest absolute Gasteiger partial charge is 0.184 e. The number of methoxy groups -OCH3 is 1. The van der Waals surface area contributed by atoms with Crippen molar-refractivity contribution in [1.82, 2.24) is 15.2 Å². The van der Waals surface area contributed by atoms with Gasteiger partial charge in [0.25, 0.3) is 0 Å². The van der Waals surface area contributed by atoms with Gasteiger partial charge in [-0.3, -0.25) is 5.10 Å². The van der Waals surface area contributed by atoms with E-state index in [1.165, 1.54) is 5.56 Å². The van der Waals surface area contributed by atoms with E-state index in [-0.39, 0.29) is 0 Å². The van der Waals surface area contributed by atoms with Crippen LogP contribution in [-0.4, -0.2) is 22.3 Å². The summed E-state index contributed by atoms with van der Waals surface area (Å²) in [5.74, 6) is 1.90. The predicted molar refractivity (Wildman–Crippen MR) is 96.7 cm³/mol. The zero-order valence-corrected chi connectivity index (χ0v) is 14.5. The number of aromatic amines is 1. The van der Waals surface area contributed by atoms with Gasteiger partial charge < -0.3 is 10.5 Å². The molecule has 0 fully saturated rings. The first-order valence-electron chi connectivity index (χ1n) is 7.36. The van der Waals surface area contributed by atoms with Crippen molar-refractivity contribution in [2.24, 2.45) is 0 Å². The Morgan fingerprint density at radius 2 is 1.88 bits per heavy atom. The molecule has 1 heterocycles. The fourth-order valence-corrected chi connectivity index (χ4v) is 2.64. The van der Waals surface area contributed by atoms with E-state index in [1.54, 1.807) is 19.2 Å². The van der Waals surface area contributed by atoms with Crippen LogP contribution in [0.1, 0.15) is 11.4 Å². The molecule has 7 heteroatoms. The number of H-pyrrole nitrogens is 1. The van der Waals surface area contributed by atoms with Crippen LogP contribution < -0.4 is 10.5 Å². The Labute approximate surface area is 149 Å². The SMILES string of the molecule is COc1cc(N)c(Cl)cc1-c1n[nH]c(CCc2ccc(Cl)cc2)n1. The van der Waals surface area contributed by atoms with Gasteiger partial charge in [0.1, 0.15) is 11.6 Å². The molecule has 0 saturated heterocycles. The first-order valence-corrected chi connectivity index (χ1v) is 8.11. The van der Waals surface area contributed by atoms with Gasteiger partial charge in [-0.25, -0.2) is 4.98 Å². The van der Waals surface area contributed by atoms with E-state index in [0.29, 0.717) is 27.8 Å². The molecule has 0 spiro atoms. The molecule has 3 N–H and O–H groups in total. The number of nitrogens with one attached hydrogen (secondary N) is 1. The van der Waals surface area contributed by atoms with Crippen molar-refractivity contribution in [1.29, 1.82) is 0 Å². The Morgan fingerprint density at radius 3 is 2.58 bits per heavy atom. The lowest BCUT2D eigenvalue weighted by atomic mass is 10.1. The molecule has 5 nitrogen and oxygen atoms in total. The summed E-state index contributed by atoms with van der Waals surface area (Å²) in [4.78, 5) is 4.52. The van der Waals surface area contributed by atoms with Crippen molar-refractivity contribution in [2.75, 3.05) is 12.8 Å². The van der Waals surface area contributed by atoms with Gasteiger partial charge in [0, 0.05) is 17.5 Å². The van der Waals surface area contributed by atoms with Crippen molar-refractivity contribution >= 4 is 28.9 Å². The van der Waals surface area contributed by atoms with Crippen LogP contribution in [0.15, 0.2) is 36.4 Å². The monoisotopic (exact) mass is 362 g/mol. The number of rotatable bonds is 5. The Balaban J connectivity index is 1.78. The van der Waals surface area contributed by atoms with Gasteiger partial charge in [-0.2, -0.15) is 5.10 Å². The normalized spacial score (nSPS) is 10.8. The Morgan fingerprint density at radius 1 is 1.12 bits per heavy atom. The number of benzene rings is 2. The Bertz CT molecular complexity index is 846. The molecular weight excluding hydrogens is 347 g/mol. The van der Waals surface area contributed by atoms with Gasteiger partial charge in [-0.15, -0.1) is 0 Å². The largest absolute Gasteiger partial charge is 0.496 e. The molecular formula is C17H16Cl2N4O. The van der Waals surface area contributed by atoms with Crippen LogP contribution in [0.3, 0.4) is 0 Å². The predicted octanol–water partition coefficient (Wildman–Crippen LogP) is 4.15. The van der Waals surface area contributed by atoms with Crippen LogP contribution >= 0.6 is 23.2 Å². The lowest BCUT2D eigenvalue weighted by Gasteiger charge is -2.07. The van der Waals surface area contributed by atoms with Crippen molar-refractivity contribution in [3.63, 3.8) is 0 Å². The molecule has 3 rings (SSSR count). The minimum absolute atomic E-state index is 0.443. The summed E-state index contributed by atoms with van der Waals surface area (Å²) in [7, 11) is 1.57. The van der Waals surface area contributed by atoms with Gasteiger partial charge in [0.05, 0.1) is 23.4 Å². The minimum atomic E-state index is 0.443. The van der Waals surface area contributed by atoms with Gasteiger partial charge in [0.15, 0.2) is 5.82 Å². The molecule has 0 unspecified atom stereocenters. The van der Waals surface area contributed by atoms with Crippen LogP contribution in [-0.2, 0) is 12.8 Å². The third-order valence-corrected chi connectivity index (χ3v) is 4.23. The molecule has 2 aromatic carbocycles. The summed E-state index contributed by atoms with van der Waals surface area (Å²) < 4.78 is 5.34. The van der Waals surface area contributed by atoms with Crippen molar-refractivity contribution in [3.8, 4) is 17.1 Å². The highest BCUT2D eigenvalue weighted by Gasteiger charge is 2.14. The number of nitrogen functional groups attached to an aromatic ring is 1. The summed E-state index contributed by atoms with van der Waals surface area (Å²) >= 11 is 12.0. The number of aryl methyl sites for hydroxylation is 2. The van der Waals surface area contributed by atoms with Crippen LogP contribution in [0, 0.1) is 0 Å². The summed E-state index contributed by atoms with van der Waals surface area (Å²) in [6.45, 7) is 0. The van der Waals surface area contributed by atoms with E-state index in [2.05, 4.69) is 15.2 Å². The standard InChI is InChI=1S/C17H16Cl2N4O/c1-24-15-9-14(20)13(19)8-12(15)17-21-16(22-23-17)7-4-10-2-5-11(18)6-3-10/h2-3,5-6,8-9H,4,7,20H2,1H3,(H,21,22,23). The highest BCUT2D eigenvalue weighted by molar-refractivity contribution is 6.33. The lowest BCUT2D eigenvalue weighted by molar-refractivity contribution is 0.416. The maximum atomic E-state index is 6.10. The number of halogens is 2. The molecule has 0 atom stereocenters. The molecule has 24 heavy (non-hydrogen) atoms. The summed E-state index contributed by atoms with van der Waals surface area (Å²) in [6.07, 6.45) is 1.57. The number of nitrogens with zero attached hydrogens (tertiary/aromatic N) is 2. The molecule has 0 amide bonds. The molecule has 0 aliphatic rings. The zero-order valence-electron chi connectivity index (χ0n) is 13.0. The number of anilines is 1. The second kappa shape index (κ2) is 7.11. The average molecular weight is 363 g/mol. The molecule has 0 aliphatic heterocycles. The average Bonchev–Trinajstić information content (AvgIpc) is 3.05. The van der Waals surface area contributed by atoms with Gasteiger partial charge in [-0.05, 0) is 30.2 Å². The van der Waals surface area contributed by atoms with E-state index in [9.17, 15) is 0 Å². The summed E-state index contributed by atoms with van der Waals surface area (Å²) in [6, 6.07) is 11.1. The third kappa shape index (κ3) is 3.63. The van der Waals surface area contributed by atoms with Crippen molar-refractivity contribution in [3.05, 3.63) is 57.8 Å². The highest BCUT2D eigenvalue weighted by atomic mass is 35.5. The number of aromatic nitrogens is 3. The van der Waals surface area contributed by atoms with E-state index >= 15 is 0 Å². The number of hydrogen-bond donors (Lipinski definition) is 2.